The number of aliphatic carboxylic acids is 1. The van der Waals surface area contributed by atoms with Crippen LogP contribution in [0, 0.1) is 12.3 Å². The number of carbonyl (C=O) groups is 1. The van der Waals surface area contributed by atoms with Crippen LogP contribution in [0.25, 0.3) is 0 Å². The summed E-state index contributed by atoms with van der Waals surface area (Å²) in [7, 11) is 0. The van der Waals surface area contributed by atoms with Gasteiger partial charge in [-0.05, 0) is 33.3 Å². The second-order valence-corrected chi connectivity index (χ2v) is 5.03. The largest absolute Gasteiger partial charge is 0.481 e. The number of aryl methyl sites for hydroxylation is 2. The van der Waals surface area contributed by atoms with Gasteiger partial charge in [-0.3, -0.25) is 4.79 Å². The molecule has 0 fully saturated rings. The first-order valence-electron chi connectivity index (χ1n) is 5.92. The summed E-state index contributed by atoms with van der Waals surface area (Å²) in [5, 5.41) is 9.09. The summed E-state index contributed by atoms with van der Waals surface area (Å²) in [6, 6.07) is 1.96. The van der Waals surface area contributed by atoms with Crippen molar-refractivity contribution in [1.29, 1.82) is 0 Å². The Kier molecular flexibility index (Phi) is 4.21. The van der Waals surface area contributed by atoms with Crippen molar-refractivity contribution in [2.24, 2.45) is 5.41 Å². The van der Waals surface area contributed by atoms with Gasteiger partial charge in [0.2, 0.25) is 0 Å². The maximum atomic E-state index is 11.1. The molecule has 0 atom stereocenters. The van der Waals surface area contributed by atoms with E-state index in [1.54, 1.807) is 13.8 Å². The second-order valence-electron chi connectivity index (χ2n) is 5.03. The van der Waals surface area contributed by atoms with Crippen LogP contribution in [-0.2, 0) is 17.6 Å². The van der Waals surface area contributed by atoms with E-state index in [-0.39, 0.29) is 0 Å². The van der Waals surface area contributed by atoms with Gasteiger partial charge in [0.25, 0.3) is 0 Å². The highest BCUT2D eigenvalue weighted by Crippen LogP contribution is 2.20. The van der Waals surface area contributed by atoms with Crippen LogP contribution in [0.15, 0.2) is 6.07 Å². The third-order valence-corrected chi connectivity index (χ3v) is 2.64. The van der Waals surface area contributed by atoms with Crippen LogP contribution in [-0.4, -0.2) is 21.0 Å². The van der Waals surface area contributed by atoms with Crippen LogP contribution < -0.4 is 0 Å². The molecule has 0 saturated carbocycles. The lowest BCUT2D eigenvalue weighted by molar-refractivity contribution is -0.146. The molecule has 0 amide bonds. The molecular weight excluding hydrogens is 216 g/mol. The zero-order valence-corrected chi connectivity index (χ0v) is 10.9. The summed E-state index contributed by atoms with van der Waals surface area (Å²) in [6.45, 7) is 7.40. The molecule has 94 valence electrons. The van der Waals surface area contributed by atoms with Gasteiger partial charge in [-0.15, -0.1) is 0 Å². The van der Waals surface area contributed by atoms with Crippen LogP contribution in [0.1, 0.15) is 44.4 Å². The summed E-state index contributed by atoms with van der Waals surface area (Å²) >= 11 is 0. The number of nitrogens with zero attached hydrogens (tertiary/aromatic N) is 2. The Hall–Kier alpha value is -1.45. The first-order valence-corrected chi connectivity index (χ1v) is 5.92. The highest BCUT2D eigenvalue weighted by molar-refractivity contribution is 5.73. The minimum atomic E-state index is -0.822. The summed E-state index contributed by atoms with van der Waals surface area (Å²) in [6.07, 6.45) is 2.29. The average molecular weight is 236 g/mol. The Bertz CT molecular complexity index is 414. The van der Waals surface area contributed by atoms with Gasteiger partial charge in [-0.25, -0.2) is 9.97 Å². The molecule has 0 aliphatic carbocycles. The van der Waals surface area contributed by atoms with Crippen molar-refractivity contribution in [3.05, 3.63) is 23.3 Å². The molecule has 1 heterocycles. The van der Waals surface area contributed by atoms with Crippen molar-refractivity contribution >= 4 is 5.97 Å². The molecule has 0 saturated heterocycles. The Morgan fingerprint density at radius 1 is 1.41 bits per heavy atom. The lowest BCUT2D eigenvalue weighted by Crippen LogP contribution is -2.27. The zero-order chi connectivity index (χ0) is 13.1. The van der Waals surface area contributed by atoms with E-state index >= 15 is 0 Å². The molecule has 0 radical (unpaired) electrons. The van der Waals surface area contributed by atoms with Gasteiger partial charge in [-0.1, -0.05) is 13.3 Å². The van der Waals surface area contributed by atoms with E-state index in [1.807, 2.05) is 13.0 Å². The van der Waals surface area contributed by atoms with Crippen molar-refractivity contribution in [1.82, 2.24) is 9.97 Å². The lowest BCUT2D eigenvalue weighted by Gasteiger charge is -2.18. The SMILES string of the molecule is CCCc1cc(C)nc(CC(C)(C)C(=O)O)n1. The normalized spacial score (nSPS) is 11.5. The molecule has 0 aliphatic rings. The molecule has 1 N–H and O–H groups in total. The number of carboxylic acids is 1. The summed E-state index contributed by atoms with van der Waals surface area (Å²) in [5.74, 6) is -0.194. The minimum absolute atomic E-state index is 0.362. The number of rotatable bonds is 5. The Balaban J connectivity index is 2.95. The molecule has 4 nitrogen and oxygen atoms in total. The van der Waals surface area contributed by atoms with Gasteiger partial charge >= 0.3 is 5.97 Å². The molecule has 0 aliphatic heterocycles. The quantitative estimate of drug-likeness (QED) is 0.852. The van der Waals surface area contributed by atoms with Gasteiger partial charge in [0, 0.05) is 17.8 Å². The number of aromatic nitrogens is 2. The first-order chi connectivity index (χ1) is 7.85. The fraction of sp³-hybridized carbons (Fsp3) is 0.615. The van der Waals surface area contributed by atoms with Crippen LogP contribution in [0.3, 0.4) is 0 Å². The van der Waals surface area contributed by atoms with Crippen molar-refractivity contribution < 1.29 is 9.90 Å². The zero-order valence-electron chi connectivity index (χ0n) is 10.9. The molecule has 0 spiro atoms. The number of hydrogen-bond donors (Lipinski definition) is 1. The number of carboxylic acid groups (broad SMARTS) is 1. The third-order valence-electron chi connectivity index (χ3n) is 2.64. The standard InChI is InChI=1S/C13H20N2O2/c1-5-6-10-7-9(2)14-11(15-10)8-13(3,4)12(16)17/h7H,5-6,8H2,1-4H3,(H,16,17). The highest BCUT2D eigenvalue weighted by Gasteiger charge is 2.28. The molecule has 0 bridgehead atoms. The molecule has 0 unspecified atom stereocenters. The van der Waals surface area contributed by atoms with E-state index in [0.717, 1.165) is 24.2 Å². The van der Waals surface area contributed by atoms with Crippen molar-refractivity contribution in [2.45, 2.75) is 47.0 Å². The molecule has 1 aromatic heterocycles. The van der Waals surface area contributed by atoms with Gasteiger partial charge in [0.1, 0.15) is 5.82 Å². The fourth-order valence-corrected chi connectivity index (χ4v) is 1.63. The van der Waals surface area contributed by atoms with E-state index in [4.69, 9.17) is 5.11 Å². The fourth-order valence-electron chi connectivity index (χ4n) is 1.63. The van der Waals surface area contributed by atoms with E-state index in [2.05, 4.69) is 16.9 Å². The highest BCUT2D eigenvalue weighted by atomic mass is 16.4. The van der Waals surface area contributed by atoms with E-state index < -0.39 is 11.4 Å². The smallest absolute Gasteiger partial charge is 0.309 e. The van der Waals surface area contributed by atoms with Gasteiger partial charge in [0.05, 0.1) is 5.41 Å². The van der Waals surface area contributed by atoms with Crippen molar-refractivity contribution in [3.8, 4) is 0 Å². The van der Waals surface area contributed by atoms with E-state index in [0.29, 0.717) is 12.2 Å². The third kappa shape index (κ3) is 3.80. The average Bonchev–Trinajstić information content (AvgIpc) is 2.15. The minimum Gasteiger partial charge on any atom is -0.481 e. The van der Waals surface area contributed by atoms with Crippen LogP contribution >= 0.6 is 0 Å². The maximum absolute atomic E-state index is 11.1. The first kappa shape index (κ1) is 13.6. The topological polar surface area (TPSA) is 63.1 Å². The van der Waals surface area contributed by atoms with Crippen LogP contribution in [0.5, 0.6) is 0 Å². The van der Waals surface area contributed by atoms with Gasteiger partial charge < -0.3 is 5.11 Å². The molecule has 17 heavy (non-hydrogen) atoms. The molecule has 4 heteroatoms. The lowest BCUT2D eigenvalue weighted by atomic mass is 9.89. The predicted molar refractivity (Wildman–Crippen MR) is 65.9 cm³/mol. The Morgan fingerprint density at radius 3 is 2.59 bits per heavy atom. The van der Waals surface area contributed by atoms with E-state index in [9.17, 15) is 4.79 Å². The van der Waals surface area contributed by atoms with Crippen LogP contribution in [0.4, 0.5) is 0 Å². The summed E-state index contributed by atoms with van der Waals surface area (Å²) < 4.78 is 0. The second kappa shape index (κ2) is 5.25. The summed E-state index contributed by atoms with van der Waals surface area (Å²) in [5.41, 5.74) is 1.08. The Labute approximate surface area is 102 Å². The maximum Gasteiger partial charge on any atom is 0.309 e. The predicted octanol–water partition coefficient (Wildman–Crippen LogP) is 2.39. The van der Waals surface area contributed by atoms with E-state index in [1.165, 1.54) is 0 Å². The Morgan fingerprint density at radius 2 is 2.06 bits per heavy atom. The van der Waals surface area contributed by atoms with Gasteiger partial charge in [0.15, 0.2) is 0 Å². The monoisotopic (exact) mass is 236 g/mol. The number of hydrogen-bond acceptors (Lipinski definition) is 3. The molecular formula is C13H20N2O2. The molecule has 0 aromatic carbocycles. The van der Waals surface area contributed by atoms with Crippen molar-refractivity contribution in [2.75, 3.05) is 0 Å². The molecule has 1 aromatic rings. The van der Waals surface area contributed by atoms with Gasteiger partial charge in [-0.2, -0.15) is 0 Å². The molecule has 1 rings (SSSR count). The van der Waals surface area contributed by atoms with Crippen LogP contribution in [0.2, 0.25) is 0 Å². The van der Waals surface area contributed by atoms with Crippen molar-refractivity contribution in [3.63, 3.8) is 0 Å². The summed E-state index contributed by atoms with van der Waals surface area (Å²) in [4.78, 5) is 19.8.